The molecule has 2 heteroatoms. The second kappa shape index (κ2) is 1.70. The fourth-order valence-electron chi connectivity index (χ4n) is 1.64. The molecule has 2 aliphatic rings. The molecule has 2 rings (SSSR count). The van der Waals surface area contributed by atoms with Crippen molar-refractivity contribution in [2.75, 3.05) is 26.7 Å². The van der Waals surface area contributed by atoms with Gasteiger partial charge in [-0.2, -0.15) is 0 Å². The maximum Gasteiger partial charge on any atom is 0.0332 e. The zero-order chi connectivity index (χ0) is 6.32. The number of nitrogens with zero attached hydrogens (tertiary/aromatic N) is 1. The molecule has 1 N–H and O–H groups in total. The van der Waals surface area contributed by atoms with Crippen molar-refractivity contribution < 1.29 is 0 Å². The predicted octanol–water partition coefficient (Wildman–Crippen LogP) is 0.0540. The minimum Gasteiger partial charge on any atom is -0.314 e. The van der Waals surface area contributed by atoms with Crippen molar-refractivity contribution in [2.24, 2.45) is 0 Å². The van der Waals surface area contributed by atoms with Crippen molar-refractivity contribution in [3.05, 3.63) is 0 Å². The van der Waals surface area contributed by atoms with Crippen LogP contribution in [-0.4, -0.2) is 37.1 Å². The zero-order valence-corrected chi connectivity index (χ0v) is 5.98. The van der Waals surface area contributed by atoms with Gasteiger partial charge >= 0.3 is 0 Å². The molecule has 1 aliphatic heterocycles. The molecule has 0 unspecified atom stereocenters. The second-order valence-corrected chi connectivity index (χ2v) is 3.32. The Hall–Kier alpha value is -0.0800. The van der Waals surface area contributed by atoms with Gasteiger partial charge in [-0.1, -0.05) is 0 Å². The van der Waals surface area contributed by atoms with Gasteiger partial charge in [0.25, 0.3) is 0 Å². The molecule has 1 saturated heterocycles. The SMILES string of the molecule is CN1CCNCC12CC2. The van der Waals surface area contributed by atoms with E-state index in [1.807, 2.05) is 0 Å². The highest BCUT2D eigenvalue weighted by atomic mass is 15.3. The van der Waals surface area contributed by atoms with Gasteiger partial charge in [-0.3, -0.25) is 4.90 Å². The van der Waals surface area contributed by atoms with E-state index in [4.69, 9.17) is 0 Å². The lowest BCUT2D eigenvalue weighted by Gasteiger charge is -2.33. The predicted molar refractivity (Wildman–Crippen MR) is 37.5 cm³/mol. The van der Waals surface area contributed by atoms with E-state index in [9.17, 15) is 0 Å². The van der Waals surface area contributed by atoms with Crippen LogP contribution in [0.2, 0.25) is 0 Å². The van der Waals surface area contributed by atoms with E-state index in [1.54, 1.807) is 0 Å². The van der Waals surface area contributed by atoms with Gasteiger partial charge in [-0.25, -0.2) is 0 Å². The second-order valence-electron chi connectivity index (χ2n) is 3.32. The standard InChI is InChI=1S/C7H14N2/c1-9-5-4-8-6-7(9)2-3-7/h8H,2-6H2,1H3. The summed E-state index contributed by atoms with van der Waals surface area (Å²) >= 11 is 0. The fraction of sp³-hybridized carbons (Fsp3) is 1.00. The van der Waals surface area contributed by atoms with E-state index in [1.165, 1.54) is 32.5 Å². The number of hydrogen-bond acceptors (Lipinski definition) is 2. The minimum atomic E-state index is 0.609. The van der Waals surface area contributed by atoms with Crippen molar-refractivity contribution in [1.82, 2.24) is 10.2 Å². The fourth-order valence-corrected chi connectivity index (χ4v) is 1.64. The van der Waals surface area contributed by atoms with Crippen molar-refractivity contribution in [1.29, 1.82) is 0 Å². The van der Waals surface area contributed by atoms with Crippen LogP contribution in [0.25, 0.3) is 0 Å². The van der Waals surface area contributed by atoms with E-state index in [-0.39, 0.29) is 0 Å². The lowest BCUT2D eigenvalue weighted by Crippen LogP contribution is -2.51. The first kappa shape index (κ1) is 5.69. The minimum absolute atomic E-state index is 0.609. The topological polar surface area (TPSA) is 15.3 Å². The molecule has 52 valence electrons. The molecule has 2 nitrogen and oxygen atoms in total. The Morgan fingerprint density at radius 3 is 2.67 bits per heavy atom. The third kappa shape index (κ3) is 0.775. The van der Waals surface area contributed by atoms with E-state index >= 15 is 0 Å². The van der Waals surface area contributed by atoms with Gasteiger partial charge in [-0.15, -0.1) is 0 Å². The van der Waals surface area contributed by atoms with Crippen molar-refractivity contribution in [3.8, 4) is 0 Å². The van der Waals surface area contributed by atoms with Gasteiger partial charge < -0.3 is 5.32 Å². The monoisotopic (exact) mass is 126 g/mol. The van der Waals surface area contributed by atoms with E-state index in [2.05, 4.69) is 17.3 Å². The largest absolute Gasteiger partial charge is 0.314 e. The summed E-state index contributed by atoms with van der Waals surface area (Å²) in [4.78, 5) is 2.50. The maximum absolute atomic E-state index is 3.43. The normalized spacial score (nSPS) is 33.0. The summed E-state index contributed by atoms with van der Waals surface area (Å²) in [5.41, 5.74) is 0.609. The summed E-state index contributed by atoms with van der Waals surface area (Å²) in [7, 11) is 2.24. The van der Waals surface area contributed by atoms with Crippen molar-refractivity contribution in [3.63, 3.8) is 0 Å². The quantitative estimate of drug-likeness (QED) is 0.493. The third-order valence-electron chi connectivity index (χ3n) is 2.71. The molecule has 0 atom stereocenters. The average Bonchev–Trinajstić information content (AvgIpc) is 2.60. The van der Waals surface area contributed by atoms with Crippen LogP contribution in [-0.2, 0) is 0 Å². The molecule has 1 saturated carbocycles. The van der Waals surface area contributed by atoms with Gasteiger partial charge in [0.2, 0.25) is 0 Å². The summed E-state index contributed by atoms with van der Waals surface area (Å²) in [6, 6.07) is 0. The van der Waals surface area contributed by atoms with Gasteiger partial charge in [0, 0.05) is 25.2 Å². The smallest absolute Gasteiger partial charge is 0.0332 e. The Labute approximate surface area is 56.2 Å². The molecule has 1 heterocycles. The van der Waals surface area contributed by atoms with Gasteiger partial charge in [0.15, 0.2) is 0 Å². The molecular weight excluding hydrogens is 112 g/mol. The van der Waals surface area contributed by atoms with Gasteiger partial charge in [0.05, 0.1) is 0 Å². The Kier molecular flexibility index (Phi) is 1.08. The van der Waals surface area contributed by atoms with Crippen LogP contribution in [0.1, 0.15) is 12.8 Å². The Bertz CT molecular complexity index is 118. The highest BCUT2D eigenvalue weighted by molar-refractivity contribution is 5.06. The van der Waals surface area contributed by atoms with Gasteiger partial charge in [0.1, 0.15) is 0 Å². The summed E-state index contributed by atoms with van der Waals surface area (Å²) in [6.45, 7) is 3.64. The van der Waals surface area contributed by atoms with Crippen LogP contribution in [0.5, 0.6) is 0 Å². The van der Waals surface area contributed by atoms with Gasteiger partial charge in [-0.05, 0) is 19.9 Å². The molecule has 1 spiro atoms. The number of piperazine rings is 1. The van der Waals surface area contributed by atoms with Crippen molar-refractivity contribution >= 4 is 0 Å². The van der Waals surface area contributed by atoms with Crippen LogP contribution >= 0.6 is 0 Å². The van der Waals surface area contributed by atoms with Crippen LogP contribution < -0.4 is 5.32 Å². The molecule has 2 fully saturated rings. The van der Waals surface area contributed by atoms with E-state index in [0.29, 0.717) is 5.54 Å². The molecule has 0 radical (unpaired) electrons. The maximum atomic E-state index is 3.43. The van der Waals surface area contributed by atoms with Crippen LogP contribution in [0, 0.1) is 0 Å². The highest BCUT2D eigenvalue weighted by Gasteiger charge is 2.46. The first-order valence-electron chi connectivity index (χ1n) is 3.75. The number of rotatable bonds is 0. The lowest BCUT2D eigenvalue weighted by atomic mass is 10.2. The molecule has 0 amide bonds. The Morgan fingerprint density at radius 2 is 2.22 bits per heavy atom. The first-order valence-corrected chi connectivity index (χ1v) is 3.75. The first-order chi connectivity index (χ1) is 4.33. The summed E-state index contributed by atoms with van der Waals surface area (Å²) in [5, 5.41) is 3.43. The third-order valence-corrected chi connectivity index (χ3v) is 2.71. The molecule has 0 aromatic heterocycles. The number of hydrogen-bond donors (Lipinski definition) is 1. The zero-order valence-electron chi connectivity index (χ0n) is 5.98. The number of likely N-dealkylation sites (N-methyl/N-ethyl adjacent to an activating group) is 1. The highest BCUT2D eigenvalue weighted by Crippen LogP contribution is 2.40. The van der Waals surface area contributed by atoms with E-state index in [0.717, 1.165) is 0 Å². The molecular formula is C7H14N2. The van der Waals surface area contributed by atoms with Crippen LogP contribution in [0.3, 0.4) is 0 Å². The van der Waals surface area contributed by atoms with E-state index < -0.39 is 0 Å². The summed E-state index contributed by atoms with van der Waals surface area (Å²) in [6.07, 6.45) is 2.83. The van der Waals surface area contributed by atoms with Crippen LogP contribution in [0.15, 0.2) is 0 Å². The summed E-state index contributed by atoms with van der Waals surface area (Å²) < 4.78 is 0. The molecule has 1 aliphatic carbocycles. The van der Waals surface area contributed by atoms with Crippen LogP contribution in [0.4, 0.5) is 0 Å². The molecule has 0 aromatic carbocycles. The average molecular weight is 126 g/mol. The molecule has 9 heavy (non-hydrogen) atoms. The van der Waals surface area contributed by atoms with Crippen molar-refractivity contribution in [2.45, 2.75) is 18.4 Å². The molecule has 0 bridgehead atoms. The summed E-state index contributed by atoms with van der Waals surface area (Å²) in [5.74, 6) is 0. The Morgan fingerprint density at radius 1 is 1.44 bits per heavy atom. The lowest BCUT2D eigenvalue weighted by molar-refractivity contribution is 0.180. The molecule has 0 aromatic rings. The Balaban J connectivity index is 2.03. The number of nitrogens with one attached hydrogen (secondary N) is 1.